The van der Waals surface area contributed by atoms with Gasteiger partial charge in [-0.05, 0) is 32.4 Å². The summed E-state index contributed by atoms with van der Waals surface area (Å²) in [5.41, 5.74) is 1.42. The van der Waals surface area contributed by atoms with Crippen LogP contribution in [0.2, 0.25) is 0 Å². The molecule has 10 heteroatoms. The Hall–Kier alpha value is -3.18. The number of carbonyl (C=O) groups is 2. The van der Waals surface area contributed by atoms with Crippen molar-refractivity contribution in [3.63, 3.8) is 0 Å². The monoisotopic (exact) mass is 528 g/mol. The molecule has 0 aromatic heterocycles. The molecule has 38 heavy (non-hydrogen) atoms. The number of benzene rings is 2. The van der Waals surface area contributed by atoms with Crippen LogP contribution in [-0.4, -0.2) is 72.2 Å². The maximum absolute atomic E-state index is 13.7. The predicted molar refractivity (Wildman–Crippen MR) is 137 cm³/mol. The number of urea groups is 1. The SMILES string of the molecule is CCOC(=O)CC([C@@H]1O[C@H]2OC(C)(C)O[C@H]2[C@@H]1OC)N(Cc1ccccc1O)C(=O)NCc1ccccc1. The minimum atomic E-state index is -0.865. The maximum Gasteiger partial charge on any atom is 0.318 e. The van der Waals surface area contributed by atoms with Crippen LogP contribution in [-0.2, 0) is 41.6 Å². The number of ether oxygens (including phenoxy) is 5. The minimum Gasteiger partial charge on any atom is -0.508 e. The second-order valence-corrected chi connectivity index (χ2v) is 9.75. The van der Waals surface area contributed by atoms with E-state index in [2.05, 4.69) is 5.32 Å². The van der Waals surface area contributed by atoms with Crippen molar-refractivity contribution in [1.29, 1.82) is 0 Å². The summed E-state index contributed by atoms with van der Waals surface area (Å²) >= 11 is 0. The number of phenolic OH excluding ortho intramolecular Hbond substituents is 1. The Kier molecular flexibility index (Phi) is 8.88. The molecule has 5 atom stereocenters. The zero-order valence-electron chi connectivity index (χ0n) is 22.2. The second kappa shape index (κ2) is 12.1. The van der Waals surface area contributed by atoms with Gasteiger partial charge in [-0.3, -0.25) is 4.79 Å². The number of fused-ring (bicyclic) bond motifs is 1. The van der Waals surface area contributed by atoms with Crippen molar-refractivity contribution in [3.05, 3.63) is 65.7 Å². The van der Waals surface area contributed by atoms with Crippen molar-refractivity contribution in [2.75, 3.05) is 13.7 Å². The average molecular weight is 529 g/mol. The average Bonchev–Trinajstić information content (AvgIpc) is 3.37. The van der Waals surface area contributed by atoms with Gasteiger partial charge in [0.1, 0.15) is 24.1 Å². The van der Waals surface area contributed by atoms with Gasteiger partial charge in [0.15, 0.2) is 12.1 Å². The fraction of sp³-hybridized carbons (Fsp3) is 0.500. The van der Waals surface area contributed by atoms with Gasteiger partial charge in [-0.15, -0.1) is 0 Å². The second-order valence-electron chi connectivity index (χ2n) is 9.75. The summed E-state index contributed by atoms with van der Waals surface area (Å²) in [6, 6.07) is 15.0. The first-order chi connectivity index (χ1) is 18.2. The zero-order chi connectivity index (χ0) is 27.3. The number of amides is 2. The Morgan fingerprint density at radius 2 is 1.82 bits per heavy atom. The highest BCUT2D eigenvalue weighted by Gasteiger charge is 2.58. The number of carbonyl (C=O) groups excluding carboxylic acids is 2. The van der Waals surface area contributed by atoms with Crippen molar-refractivity contribution in [1.82, 2.24) is 10.2 Å². The molecule has 2 aliphatic heterocycles. The smallest absolute Gasteiger partial charge is 0.318 e. The number of nitrogens with one attached hydrogen (secondary N) is 1. The molecule has 4 rings (SSSR count). The van der Waals surface area contributed by atoms with E-state index in [9.17, 15) is 14.7 Å². The van der Waals surface area contributed by atoms with Crippen LogP contribution in [0.15, 0.2) is 54.6 Å². The molecule has 1 unspecified atom stereocenters. The molecule has 2 fully saturated rings. The summed E-state index contributed by atoms with van der Waals surface area (Å²) in [4.78, 5) is 28.0. The summed E-state index contributed by atoms with van der Waals surface area (Å²) < 4.78 is 29.3. The van der Waals surface area contributed by atoms with Crippen LogP contribution in [0.5, 0.6) is 5.75 Å². The Balaban J connectivity index is 1.66. The van der Waals surface area contributed by atoms with Gasteiger partial charge in [-0.25, -0.2) is 4.79 Å². The van der Waals surface area contributed by atoms with Gasteiger partial charge in [0.25, 0.3) is 0 Å². The molecular weight excluding hydrogens is 492 g/mol. The van der Waals surface area contributed by atoms with Crippen LogP contribution in [0.25, 0.3) is 0 Å². The quantitative estimate of drug-likeness (QED) is 0.452. The van der Waals surface area contributed by atoms with Crippen LogP contribution < -0.4 is 5.32 Å². The molecule has 2 saturated heterocycles. The van der Waals surface area contributed by atoms with E-state index in [-0.39, 0.29) is 31.9 Å². The normalized spacial score (nSPS) is 24.4. The predicted octanol–water partition coefficient (Wildman–Crippen LogP) is 3.32. The summed E-state index contributed by atoms with van der Waals surface area (Å²) in [7, 11) is 1.53. The van der Waals surface area contributed by atoms with Gasteiger partial charge < -0.3 is 39.0 Å². The first kappa shape index (κ1) is 27.8. The molecule has 0 aliphatic carbocycles. The molecule has 0 spiro atoms. The number of nitrogens with zero attached hydrogens (tertiary/aromatic N) is 1. The lowest BCUT2D eigenvalue weighted by Crippen LogP contribution is -2.55. The number of phenols is 1. The fourth-order valence-electron chi connectivity index (χ4n) is 4.92. The molecule has 2 aromatic rings. The summed E-state index contributed by atoms with van der Waals surface area (Å²) in [6.07, 6.45) is -2.85. The molecule has 2 amide bonds. The fourth-order valence-corrected chi connectivity index (χ4v) is 4.92. The van der Waals surface area contributed by atoms with E-state index in [1.165, 1.54) is 12.0 Å². The van der Waals surface area contributed by atoms with Crippen LogP contribution in [0, 0.1) is 0 Å². The third-order valence-corrected chi connectivity index (χ3v) is 6.64. The molecule has 0 bridgehead atoms. The highest BCUT2D eigenvalue weighted by Crippen LogP contribution is 2.41. The first-order valence-electron chi connectivity index (χ1n) is 12.8. The van der Waals surface area contributed by atoms with Gasteiger partial charge in [0.2, 0.25) is 0 Å². The van der Waals surface area contributed by atoms with E-state index >= 15 is 0 Å². The van der Waals surface area contributed by atoms with Gasteiger partial charge in [-0.1, -0.05) is 48.5 Å². The maximum atomic E-state index is 13.7. The standard InChI is InChI=1S/C28H36N2O8/c1-5-35-22(32)15-20(23-24(34-4)25-26(36-23)38-28(2,3)37-25)30(17-19-13-9-10-14-21(19)31)27(33)29-16-18-11-7-6-8-12-18/h6-14,20,23-26,31H,5,15-17H2,1-4H3,(H,29,33)/t20?,23-,24+,25-,26-/m0/s1. The topological polar surface area (TPSA) is 116 Å². The Labute approximate surface area is 222 Å². The van der Waals surface area contributed by atoms with Crippen molar-refractivity contribution in [2.24, 2.45) is 0 Å². The van der Waals surface area contributed by atoms with Crippen molar-refractivity contribution >= 4 is 12.0 Å². The number of rotatable bonds is 10. The van der Waals surface area contributed by atoms with Crippen molar-refractivity contribution in [3.8, 4) is 5.75 Å². The first-order valence-corrected chi connectivity index (χ1v) is 12.8. The molecule has 2 aliphatic rings. The van der Waals surface area contributed by atoms with E-state index < -0.39 is 48.4 Å². The number of hydrogen-bond donors (Lipinski definition) is 2. The van der Waals surface area contributed by atoms with Crippen LogP contribution in [0.4, 0.5) is 4.79 Å². The third-order valence-electron chi connectivity index (χ3n) is 6.64. The molecule has 0 radical (unpaired) electrons. The molecule has 206 valence electrons. The summed E-state index contributed by atoms with van der Waals surface area (Å²) in [6.45, 7) is 5.76. The van der Waals surface area contributed by atoms with Gasteiger partial charge in [0, 0.05) is 19.2 Å². The molecule has 2 N–H and O–H groups in total. The summed E-state index contributed by atoms with van der Waals surface area (Å²) in [5, 5.41) is 13.4. The van der Waals surface area contributed by atoms with Gasteiger partial charge in [-0.2, -0.15) is 0 Å². The van der Waals surface area contributed by atoms with E-state index in [0.29, 0.717) is 5.56 Å². The van der Waals surface area contributed by atoms with Crippen LogP contribution >= 0.6 is 0 Å². The van der Waals surface area contributed by atoms with E-state index in [1.807, 2.05) is 30.3 Å². The lowest BCUT2D eigenvalue weighted by molar-refractivity contribution is -0.223. The van der Waals surface area contributed by atoms with Gasteiger partial charge >= 0.3 is 12.0 Å². The van der Waals surface area contributed by atoms with E-state index in [4.69, 9.17) is 23.7 Å². The highest BCUT2D eigenvalue weighted by atomic mass is 16.8. The third kappa shape index (κ3) is 6.44. The Morgan fingerprint density at radius 3 is 2.50 bits per heavy atom. The largest absolute Gasteiger partial charge is 0.508 e. The minimum absolute atomic E-state index is 0.0101. The number of hydrogen-bond acceptors (Lipinski definition) is 8. The number of aromatic hydroxyl groups is 1. The number of methoxy groups -OCH3 is 1. The van der Waals surface area contributed by atoms with Crippen molar-refractivity contribution < 1.29 is 38.4 Å². The van der Waals surface area contributed by atoms with E-state index in [1.54, 1.807) is 45.0 Å². The Morgan fingerprint density at radius 1 is 1.11 bits per heavy atom. The molecule has 10 nitrogen and oxygen atoms in total. The van der Waals surface area contributed by atoms with Crippen LogP contribution in [0.1, 0.15) is 38.3 Å². The molecular formula is C28H36N2O8. The van der Waals surface area contributed by atoms with E-state index in [0.717, 1.165) is 5.56 Å². The lowest BCUT2D eigenvalue weighted by Gasteiger charge is -2.37. The Bertz CT molecular complexity index is 1100. The lowest BCUT2D eigenvalue weighted by atomic mass is 9.98. The van der Waals surface area contributed by atoms with Crippen LogP contribution in [0.3, 0.4) is 0 Å². The summed E-state index contributed by atoms with van der Waals surface area (Å²) in [5.74, 6) is -1.33. The molecule has 2 aromatic carbocycles. The number of para-hydroxylation sites is 1. The highest BCUT2D eigenvalue weighted by molar-refractivity contribution is 5.77. The number of esters is 1. The molecule has 2 heterocycles. The van der Waals surface area contributed by atoms with Gasteiger partial charge in [0.05, 0.1) is 25.6 Å². The molecule has 0 saturated carbocycles. The van der Waals surface area contributed by atoms with Crippen molar-refractivity contribution in [2.45, 2.75) is 76.7 Å². The zero-order valence-corrected chi connectivity index (χ0v) is 22.2.